The van der Waals surface area contributed by atoms with Gasteiger partial charge in [0.25, 0.3) is 0 Å². The normalized spacial score (nSPS) is 11.2. The monoisotopic (exact) mass is 870 g/mol. The van der Waals surface area contributed by atoms with Crippen molar-refractivity contribution in [3.63, 3.8) is 0 Å². The van der Waals surface area contributed by atoms with Crippen LogP contribution >= 0.6 is 0 Å². The van der Waals surface area contributed by atoms with Gasteiger partial charge in [0.1, 0.15) is 11.2 Å². The van der Waals surface area contributed by atoms with Gasteiger partial charge in [-0.1, -0.05) is 206 Å². The second-order valence-electron chi connectivity index (χ2n) is 16.8. The molecule has 5 nitrogen and oxygen atoms in total. The Morgan fingerprint density at radius 3 is 1.43 bits per heavy atom. The zero-order chi connectivity index (χ0) is 45.2. The van der Waals surface area contributed by atoms with Crippen molar-refractivity contribution < 1.29 is 4.42 Å². The molecule has 5 heteroatoms. The van der Waals surface area contributed by atoms with Crippen LogP contribution < -0.4 is 4.90 Å². The summed E-state index contributed by atoms with van der Waals surface area (Å²) in [6.45, 7) is 0. The lowest BCUT2D eigenvalue weighted by Crippen LogP contribution is -2.11. The topological polar surface area (TPSA) is 55.1 Å². The molecule has 12 aromatic rings. The van der Waals surface area contributed by atoms with Gasteiger partial charge in [0.15, 0.2) is 17.5 Å². The van der Waals surface area contributed by atoms with Crippen LogP contribution in [0.2, 0.25) is 0 Å². The molecule has 0 fully saturated rings. The molecule has 0 unspecified atom stereocenters. The minimum Gasteiger partial charge on any atom is -0.455 e. The summed E-state index contributed by atoms with van der Waals surface area (Å²) in [6, 6.07) is 89.1. The molecule has 12 rings (SSSR count). The summed E-state index contributed by atoms with van der Waals surface area (Å²) < 4.78 is 6.49. The van der Waals surface area contributed by atoms with Crippen molar-refractivity contribution in [2.24, 2.45) is 0 Å². The fourth-order valence-corrected chi connectivity index (χ4v) is 9.18. The highest BCUT2D eigenvalue weighted by Crippen LogP contribution is 2.45. The lowest BCUT2D eigenvalue weighted by atomic mass is 9.95. The summed E-state index contributed by atoms with van der Waals surface area (Å²) in [5.41, 5.74) is 16.4. The first-order chi connectivity index (χ1) is 33.7. The Bertz CT molecular complexity index is 3660. The Morgan fingerprint density at radius 1 is 0.279 bits per heavy atom. The van der Waals surface area contributed by atoms with Crippen LogP contribution in [0.5, 0.6) is 0 Å². The first kappa shape index (κ1) is 40.3. The van der Waals surface area contributed by atoms with Crippen LogP contribution in [-0.4, -0.2) is 15.0 Å². The molecule has 0 bridgehead atoms. The quantitative estimate of drug-likeness (QED) is 0.137. The number of rotatable bonds is 10. The molecule has 0 radical (unpaired) electrons. The molecule has 0 amide bonds. The van der Waals surface area contributed by atoms with Crippen LogP contribution in [0.1, 0.15) is 0 Å². The van der Waals surface area contributed by atoms with E-state index >= 15 is 0 Å². The number of hydrogen-bond donors (Lipinski definition) is 0. The molecule has 2 heterocycles. The maximum absolute atomic E-state index is 6.49. The highest BCUT2D eigenvalue weighted by molar-refractivity contribution is 6.09. The first-order valence-electron chi connectivity index (χ1n) is 22.8. The van der Waals surface area contributed by atoms with E-state index in [1.807, 2.05) is 72.8 Å². The van der Waals surface area contributed by atoms with Crippen molar-refractivity contribution >= 4 is 39.0 Å². The second kappa shape index (κ2) is 17.7. The Kier molecular flexibility index (Phi) is 10.5. The Morgan fingerprint density at radius 2 is 0.750 bits per heavy atom. The molecule has 68 heavy (non-hydrogen) atoms. The number of nitrogens with zero attached hydrogens (tertiary/aromatic N) is 4. The molecule has 0 aliphatic rings. The van der Waals surface area contributed by atoms with Crippen LogP contribution in [0.25, 0.3) is 101 Å². The predicted octanol–water partition coefficient (Wildman–Crippen LogP) is 16.9. The number of furan rings is 1. The number of benzene rings is 10. The van der Waals surface area contributed by atoms with E-state index in [-0.39, 0.29) is 0 Å². The van der Waals surface area contributed by atoms with Gasteiger partial charge in [-0.15, -0.1) is 0 Å². The third-order valence-electron chi connectivity index (χ3n) is 12.5. The van der Waals surface area contributed by atoms with E-state index in [4.69, 9.17) is 19.4 Å². The largest absolute Gasteiger partial charge is 0.455 e. The van der Waals surface area contributed by atoms with Crippen LogP contribution in [0, 0.1) is 0 Å². The Balaban J connectivity index is 0.993. The molecular weight excluding hydrogens is 829 g/mol. The van der Waals surface area contributed by atoms with Crippen molar-refractivity contribution in [1.82, 2.24) is 15.0 Å². The molecule has 0 N–H and O–H groups in total. The van der Waals surface area contributed by atoms with E-state index in [2.05, 4.69) is 187 Å². The number of aromatic nitrogens is 3. The molecule has 0 saturated heterocycles. The second-order valence-corrected chi connectivity index (χ2v) is 16.8. The molecule has 0 saturated carbocycles. The van der Waals surface area contributed by atoms with Crippen LogP contribution in [0.3, 0.4) is 0 Å². The van der Waals surface area contributed by atoms with Gasteiger partial charge in [-0.05, 0) is 81.9 Å². The van der Waals surface area contributed by atoms with Gasteiger partial charge in [0.2, 0.25) is 0 Å². The van der Waals surface area contributed by atoms with Gasteiger partial charge in [-0.3, -0.25) is 0 Å². The summed E-state index contributed by atoms with van der Waals surface area (Å²) in [5, 5.41) is 2.23. The minimum absolute atomic E-state index is 0.613. The maximum Gasteiger partial charge on any atom is 0.164 e. The van der Waals surface area contributed by atoms with Crippen molar-refractivity contribution in [2.75, 3.05) is 4.90 Å². The van der Waals surface area contributed by atoms with E-state index in [1.165, 1.54) is 5.56 Å². The van der Waals surface area contributed by atoms with Crippen molar-refractivity contribution in [3.8, 4) is 78.7 Å². The smallest absolute Gasteiger partial charge is 0.164 e. The van der Waals surface area contributed by atoms with Crippen LogP contribution in [0.15, 0.2) is 259 Å². The highest BCUT2D eigenvalue weighted by Gasteiger charge is 2.21. The standard InChI is InChI=1S/C63H42N4O/c1-5-18-43(19-6-1)50-36-39-58(57(42-50)44-20-7-2-8-21-44)67(52-37-34-45(35-38-52)54-31-17-32-56-55-30-13-14-33-59(55)68-60(54)56)53-29-16-27-49(41-53)48-26-15-28-51(40-48)63-65-61(46-22-9-3-10-23-46)64-62(66-63)47-24-11-4-12-25-47/h1-42H. The summed E-state index contributed by atoms with van der Waals surface area (Å²) in [7, 11) is 0. The zero-order valence-corrected chi connectivity index (χ0v) is 36.9. The molecule has 0 aliphatic heterocycles. The molecular formula is C63H42N4O. The molecule has 2 aromatic heterocycles. The number of anilines is 3. The SMILES string of the molecule is c1ccc(-c2ccc(N(c3ccc(-c4cccc5c4oc4ccccc45)cc3)c3cccc(-c4cccc(-c5nc(-c6ccccc6)nc(-c6ccccc6)n5)c4)c3)c(-c3ccccc3)c2)cc1. The van der Waals surface area contributed by atoms with E-state index in [0.717, 1.165) is 94.6 Å². The van der Waals surface area contributed by atoms with Gasteiger partial charge in [0.05, 0.1) is 5.69 Å². The van der Waals surface area contributed by atoms with Gasteiger partial charge in [-0.2, -0.15) is 0 Å². The lowest BCUT2D eigenvalue weighted by molar-refractivity contribution is 0.670. The lowest BCUT2D eigenvalue weighted by Gasteiger charge is -2.29. The fourth-order valence-electron chi connectivity index (χ4n) is 9.18. The summed E-state index contributed by atoms with van der Waals surface area (Å²) in [5.74, 6) is 1.87. The Hall–Kier alpha value is -9.19. The molecule has 0 atom stereocenters. The van der Waals surface area contributed by atoms with E-state index < -0.39 is 0 Å². The van der Waals surface area contributed by atoms with E-state index in [1.54, 1.807) is 0 Å². The molecule has 0 spiro atoms. The number of hydrogen-bond acceptors (Lipinski definition) is 5. The molecule has 10 aromatic carbocycles. The first-order valence-corrected chi connectivity index (χ1v) is 22.8. The van der Waals surface area contributed by atoms with Gasteiger partial charge < -0.3 is 9.32 Å². The van der Waals surface area contributed by atoms with Crippen LogP contribution in [0.4, 0.5) is 17.1 Å². The minimum atomic E-state index is 0.613. The number of fused-ring (bicyclic) bond motifs is 3. The third kappa shape index (κ3) is 7.78. The van der Waals surface area contributed by atoms with Crippen LogP contribution in [-0.2, 0) is 0 Å². The highest BCUT2D eigenvalue weighted by atomic mass is 16.3. The summed E-state index contributed by atoms with van der Waals surface area (Å²) >= 11 is 0. The third-order valence-corrected chi connectivity index (χ3v) is 12.5. The van der Waals surface area contributed by atoms with E-state index in [0.29, 0.717) is 17.5 Å². The van der Waals surface area contributed by atoms with Crippen molar-refractivity contribution in [3.05, 3.63) is 255 Å². The number of para-hydroxylation sites is 2. The average Bonchev–Trinajstić information content (AvgIpc) is 3.81. The summed E-state index contributed by atoms with van der Waals surface area (Å²) in [4.78, 5) is 17.4. The predicted molar refractivity (Wildman–Crippen MR) is 280 cm³/mol. The fraction of sp³-hybridized carbons (Fsp3) is 0. The van der Waals surface area contributed by atoms with Crippen molar-refractivity contribution in [1.29, 1.82) is 0 Å². The van der Waals surface area contributed by atoms with E-state index in [9.17, 15) is 0 Å². The van der Waals surface area contributed by atoms with Gasteiger partial charge in [0, 0.05) is 50.0 Å². The maximum atomic E-state index is 6.49. The zero-order valence-electron chi connectivity index (χ0n) is 36.9. The van der Waals surface area contributed by atoms with Gasteiger partial charge >= 0.3 is 0 Å². The Labute approximate surface area is 395 Å². The van der Waals surface area contributed by atoms with Gasteiger partial charge in [-0.25, -0.2) is 15.0 Å². The molecule has 0 aliphatic carbocycles. The molecule has 320 valence electrons. The van der Waals surface area contributed by atoms with Crippen molar-refractivity contribution in [2.45, 2.75) is 0 Å². The summed E-state index contributed by atoms with van der Waals surface area (Å²) in [6.07, 6.45) is 0. The average molecular weight is 871 g/mol.